The average molecular weight is 868 g/mol. The number of hydrogen-bond acceptors (Lipinski definition) is 1. The van der Waals surface area contributed by atoms with Crippen LogP contribution < -0.4 is 0 Å². The lowest BCUT2D eigenvalue weighted by molar-refractivity contribution is 0.911. The van der Waals surface area contributed by atoms with Gasteiger partial charge >= 0.3 is 0 Å². The van der Waals surface area contributed by atoms with Crippen molar-refractivity contribution in [3.63, 3.8) is 0 Å². The highest BCUT2D eigenvalue weighted by Gasteiger charge is 2.22. The molecule has 0 bridgehead atoms. The predicted octanol–water partition coefficient (Wildman–Crippen LogP) is 16.2. The van der Waals surface area contributed by atoms with Gasteiger partial charge in [0.25, 0.3) is 0 Å². The summed E-state index contributed by atoms with van der Waals surface area (Å²) in [6, 6.07) is 85.7. The molecule has 5 heteroatoms. The van der Waals surface area contributed by atoms with E-state index in [9.17, 15) is 0 Å². The molecule has 0 fully saturated rings. The van der Waals surface area contributed by atoms with E-state index in [1.165, 1.54) is 65.7 Å². The van der Waals surface area contributed by atoms with Crippen LogP contribution in [-0.2, 0) is 0 Å². The maximum Gasteiger partial charge on any atom is 0.0762 e. The zero-order valence-corrected chi connectivity index (χ0v) is 36.9. The summed E-state index contributed by atoms with van der Waals surface area (Å²) >= 11 is 0. The van der Waals surface area contributed by atoms with Crippen LogP contribution in [0.15, 0.2) is 249 Å². The van der Waals surface area contributed by atoms with Crippen LogP contribution in [0.2, 0.25) is 0 Å². The maximum absolute atomic E-state index is 5.03. The molecule has 14 aromatic rings. The fraction of sp³-hybridized carbons (Fsp3) is 0. The quantitative estimate of drug-likeness (QED) is 0.157. The third kappa shape index (κ3) is 5.93. The SMILES string of the molecule is c1ccc(-c2cc(-c3ccccc3)cc(-n3c4ccc(-c5ccc6c(c5)c5ccc7c(ccn7-c7ccccc7)c5n6-c5ccccc5)cc4c4ccc5c(cnn5-c5ccccc5)c43)c2)cc1. The van der Waals surface area contributed by atoms with E-state index in [-0.39, 0.29) is 0 Å². The van der Waals surface area contributed by atoms with Crippen molar-refractivity contribution in [1.82, 2.24) is 23.5 Å². The summed E-state index contributed by atoms with van der Waals surface area (Å²) in [6.45, 7) is 0. The number of fused-ring (bicyclic) bond motifs is 10. The summed E-state index contributed by atoms with van der Waals surface area (Å²) in [5.74, 6) is 0. The summed E-state index contributed by atoms with van der Waals surface area (Å²) in [7, 11) is 0. The fourth-order valence-corrected chi connectivity index (χ4v) is 10.7. The number of hydrogen-bond donors (Lipinski definition) is 0. The monoisotopic (exact) mass is 867 g/mol. The maximum atomic E-state index is 5.03. The van der Waals surface area contributed by atoms with Crippen molar-refractivity contribution in [2.75, 3.05) is 0 Å². The highest BCUT2D eigenvalue weighted by molar-refractivity contribution is 6.21. The van der Waals surface area contributed by atoms with E-state index in [2.05, 4.69) is 261 Å². The summed E-state index contributed by atoms with van der Waals surface area (Å²) in [4.78, 5) is 0. The van der Waals surface area contributed by atoms with Crippen LogP contribution >= 0.6 is 0 Å². The molecule has 68 heavy (non-hydrogen) atoms. The number of rotatable bonds is 7. The zero-order chi connectivity index (χ0) is 44.7. The Morgan fingerprint density at radius 3 is 1.31 bits per heavy atom. The summed E-state index contributed by atoms with van der Waals surface area (Å²) in [6.07, 6.45) is 4.24. The largest absolute Gasteiger partial charge is 0.316 e. The number of benzene rings is 10. The minimum Gasteiger partial charge on any atom is -0.316 e. The lowest BCUT2D eigenvalue weighted by Gasteiger charge is -2.14. The number of nitrogens with zero attached hydrogens (tertiary/aromatic N) is 5. The normalized spacial score (nSPS) is 11.8. The molecule has 0 spiro atoms. The van der Waals surface area contributed by atoms with Gasteiger partial charge in [0.15, 0.2) is 0 Å². The van der Waals surface area contributed by atoms with Crippen molar-refractivity contribution in [1.29, 1.82) is 0 Å². The van der Waals surface area contributed by atoms with Crippen molar-refractivity contribution < 1.29 is 0 Å². The molecule has 4 heterocycles. The molecular formula is C63H41N5. The summed E-state index contributed by atoms with van der Waals surface area (Å²) < 4.78 is 9.26. The van der Waals surface area contributed by atoms with Crippen LogP contribution in [0.3, 0.4) is 0 Å². The smallest absolute Gasteiger partial charge is 0.0762 e. The van der Waals surface area contributed by atoms with Gasteiger partial charge in [-0.15, -0.1) is 0 Å². The highest BCUT2D eigenvalue weighted by Crippen LogP contribution is 2.43. The van der Waals surface area contributed by atoms with Gasteiger partial charge in [0.1, 0.15) is 0 Å². The average Bonchev–Trinajstić information content (AvgIpc) is 4.20. The molecule has 318 valence electrons. The molecule has 0 aliphatic rings. The van der Waals surface area contributed by atoms with Gasteiger partial charge in [-0.05, 0) is 137 Å². The first-order chi connectivity index (χ1) is 33.7. The third-order valence-corrected chi connectivity index (χ3v) is 13.8. The lowest BCUT2D eigenvalue weighted by atomic mass is 9.98. The van der Waals surface area contributed by atoms with E-state index < -0.39 is 0 Å². The van der Waals surface area contributed by atoms with Crippen LogP contribution in [0.25, 0.3) is 122 Å². The molecule has 0 radical (unpaired) electrons. The van der Waals surface area contributed by atoms with Crippen LogP contribution in [0.1, 0.15) is 0 Å². The van der Waals surface area contributed by atoms with E-state index in [0.29, 0.717) is 0 Å². The van der Waals surface area contributed by atoms with Gasteiger partial charge in [-0.3, -0.25) is 0 Å². The molecule has 4 aromatic heterocycles. The number of aromatic nitrogens is 5. The van der Waals surface area contributed by atoms with E-state index in [1.807, 2.05) is 6.20 Å². The molecule has 0 aliphatic heterocycles. The first-order valence-electron chi connectivity index (χ1n) is 23.2. The van der Waals surface area contributed by atoms with E-state index in [0.717, 1.165) is 55.8 Å². The third-order valence-electron chi connectivity index (χ3n) is 13.8. The van der Waals surface area contributed by atoms with Crippen molar-refractivity contribution in [2.24, 2.45) is 0 Å². The van der Waals surface area contributed by atoms with E-state index >= 15 is 0 Å². The Morgan fingerprint density at radius 2 is 0.735 bits per heavy atom. The molecular weight excluding hydrogens is 827 g/mol. The first kappa shape index (κ1) is 38.1. The topological polar surface area (TPSA) is 32.6 Å². The summed E-state index contributed by atoms with van der Waals surface area (Å²) in [5, 5.41) is 12.2. The van der Waals surface area contributed by atoms with Gasteiger partial charge in [0, 0.05) is 55.6 Å². The molecule has 0 unspecified atom stereocenters. The molecule has 0 atom stereocenters. The minimum absolute atomic E-state index is 1.03. The van der Waals surface area contributed by atoms with Gasteiger partial charge in [-0.1, -0.05) is 133 Å². The van der Waals surface area contributed by atoms with Crippen molar-refractivity contribution in [2.45, 2.75) is 0 Å². The Balaban J connectivity index is 1.01. The molecule has 0 N–H and O–H groups in total. The molecule has 10 aromatic carbocycles. The molecule has 0 amide bonds. The van der Waals surface area contributed by atoms with E-state index in [1.54, 1.807) is 0 Å². The Labute approximate surface area is 392 Å². The Bertz CT molecular complexity index is 4160. The Hall–Kier alpha value is -9.19. The van der Waals surface area contributed by atoms with Gasteiger partial charge in [0.05, 0.1) is 45.0 Å². The van der Waals surface area contributed by atoms with Crippen LogP contribution in [-0.4, -0.2) is 23.5 Å². The first-order valence-corrected chi connectivity index (χ1v) is 23.2. The highest BCUT2D eigenvalue weighted by atomic mass is 15.3. The Kier molecular flexibility index (Phi) is 8.52. The minimum atomic E-state index is 1.03. The van der Waals surface area contributed by atoms with Crippen LogP contribution in [0.4, 0.5) is 0 Å². The zero-order valence-electron chi connectivity index (χ0n) is 36.9. The van der Waals surface area contributed by atoms with Crippen molar-refractivity contribution in [3.05, 3.63) is 249 Å². The molecule has 5 nitrogen and oxygen atoms in total. The standard InChI is InChI=1S/C63H41N5/c1-6-16-42(17-7-1)46-36-47(43-18-8-2-9-19-43)38-51(37-46)67-60-31-27-45(40-56(60)53-29-33-61-57(63(53)67)41-64-68(61)50-24-14-5-15-25-50)44-26-30-59-55(39-44)52-28-32-58-54(34-35-65(58)48-20-10-3-11-21-48)62(52)66(59)49-22-12-4-13-23-49/h1-41H. The fourth-order valence-electron chi connectivity index (χ4n) is 10.7. The predicted molar refractivity (Wildman–Crippen MR) is 283 cm³/mol. The molecule has 0 saturated heterocycles. The second-order valence-electron chi connectivity index (χ2n) is 17.7. The van der Waals surface area contributed by atoms with Gasteiger partial charge in [0.2, 0.25) is 0 Å². The second kappa shape index (κ2) is 15.2. The molecule has 0 aliphatic carbocycles. The van der Waals surface area contributed by atoms with Crippen molar-refractivity contribution >= 4 is 65.4 Å². The van der Waals surface area contributed by atoms with Gasteiger partial charge in [-0.25, -0.2) is 4.68 Å². The number of para-hydroxylation sites is 3. The molecule has 0 saturated carbocycles. The Morgan fingerprint density at radius 1 is 0.265 bits per heavy atom. The summed E-state index contributed by atoms with van der Waals surface area (Å²) in [5.41, 5.74) is 18.3. The molecule has 14 rings (SSSR count). The lowest BCUT2D eigenvalue weighted by Crippen LogP contribution is -1.97. The van der Waals surface area contributed by atoms with Crippen LogP contribution in [0.5, 0.6) is 0 Å². The van der Waals surface area contributed by atoms with Crippen molar-refractivity contribution in [3.8, 4) is 56.1 Å². The van der Waals surface area contributed by atoms with Gasteiger partial charge in [-0.2, -0.15) is 5.10 Å². The van der Waals surface area contributed by atoms with Gasteiger partial charge < -0.3 is 13.7 Å². The van der Waals surface area contributed by atoms with Crippen LogP contribution in [0, 0.1) is 0 Å². The van der Waals surface area contributed by atoms with E-state index in [4.69, 9.17) is 5.10 Å². The second-order valence-corrected chi connectivity index (χ2v) is 17.7.